The number of anilines is 1. The van der Waals surface area contributed by atoms with Gasteiger partial charge in [0.05, 0.1) is 17.8 Å². The van der Waals surface area contributed by atoms with E-state index in [4.69, 9.17) is 4.42 Å². The summed E-state index contributed by atoms with van der Waals surface area (Å²) in [4.78, 5) is 0. The Morgan fingerprint density at radius 2 is 1.82 bits per heavy atom. The van der Waals surface area contributed by atoms with Gasteiger partial charge in [-0.3, -0.25) is 0 Å². The molecule has 178 valence electrons. The lowest BCUT2D eigenvalue weighted by molar-refractivity contribution is 0.263. The third-order valence-electron chi connectivity index (χ3n) is 5.60. The van der Waals surface area contributed by atoms with Gasteiger partial charge >= 0.3 is 0 Å². The molecule has 1 aromatic carbocycles. The van der Waals surface area contributed by atoms with Gasteiger partial charge in [0.1, 0.15) is 11.4 Å². The van der Waals surface area contributed by atoms with E-state index in [-0.39, 0.29) is 17.5 Å². The topological polar surface area (TPSA) is 68.8 Å². The number of rotatable bonds is 4. The molecule has 2 aromatic heterocycles. The molecule has 33 heavy (non-hydrogen) atoms. The lowest BCUT2D eigenvalue weighted by Crippen LogP contribution is -2.37. The van der Waals surface area contributed by atoms with E-state index in [2.05, 4.69) is 79.2 Å². The molecule has 2 atom stereocenters. The average molecular weight is 450 g/mol. The number of nitrogens with zero attached hydrogens (tertiary/aromatic N) is 4. The van der Waals surface area contributed by atoms with Gasteiger partial charge in [0.2, 0.25) is 5.89 Å². The minimum Gasteiger partial charge on any atom is -0.420 e. The van der Waals surface area contributed by atoms with Crippen LogP contribution in [0, 0.1) is 0 Å². The molecule has 4 rings (SSSR count). The van der Waals surface area contributed by atoms with E-state index in [1.54, 1.807) is 6.08 Å². The van der Waals surface area contributed by atoms with E-state index >= 15 is 0 Å². The highest BCUT2D eigenvalue weighted by Gasteiger charge is 2.36. The zero-order valence-electron chi connectivity index (χ0n) is 21.2. The summed E-state index contributed by atoms with van der Waals surface area (Å²) in [6.45, 7) is 17.9. The molecule has 1 aliphatic rings. The number of benzene rings is 1. The Hall–Kier alpha value is -3.15. The van der Waals surface area contributed by atoms with E-state index in [0.29, 0.717) is 11.8 Å². The van der Waals surface area contributed by atoms with Crippen molar-refractivity contribution in [2.45, 2.75) is 78.8 Å². The highest BCUT2D eigenvalue weighted by molar-refractivity contribution is 5.70. The summed E-state index contributed by atoms with van der Waals surface area (Å²) in [5, 5.41) is 16.8. The molecular weight excluding hydrogens is 410 g/mol. The lowest BCUT2D eigenvalue weighted by atomic mass is 9.89. The zero-order chi connectivity index (χ0) is 24.4. The second-order valence-corrected chi connectivity index (χ2v) is 8.77. The van der Waals surface area contributed by atoms with Crippen LogP contribution in [0.2, 0.25) is 0 Å². The predicted octanol–water partition coefficient (Wildman–Crippen LogP) is 7.51. The molecule has 3 aromatic rings. The third kappa shape index (κ3) is 6.44. The van der Waals surface area contributed by atoms with Crippen LogP contribution in [-0.4, -0.2) is 20.0 Å². The van der Waals surface area contributed by atoms with Gasteiger partial charge in [-0.1, -0.05) is 62.4 Å². The van der Waals surface area contributed by atoms with Gasteiger partial charge in [-0.2, -0.15) is 5.10 Å². The first-order valence-corrected chi connectivity index (χ1v) is 11.7. The smallest absolute Gasteiger partial charge is 0.253 e. The van der Waals surface area contributed by atoms with Gasteiger partial charge in [0, 0.05) is 5.92 Å². The number of fused-ring (bicyclic) bond motifs is 1. The molecule has 1 aliphatic heterocycles. The first-order chi connectivity index (χ1) is 15.8. The Morgan fingerprint density at radius 3 is 2.39 bits per heavy atom. The van der Waals surface area contributed by atoms with Crippen LogP contribution >= 0.6 is 0 Å². The molecule has 0 bridgehead atoms. The van der Waals surface area contributed by atoms with Crippen LogP contribution in [-0.2, 0) is 5.54 Å². The normalized spacial score (nSPS) is 17.0. The quantitative estimate of drug-likeness (QED) is 0.417. The maximum Gasteiger partial charge on any atom is 0.253 e. The number of aromatic nitrogens is 4. The van der Waals surface area contributed by atoms with E-state index in [0.717, 1.165) is 24.2 Å². The van der Waals surface area contributed by atoms with Crippen molar-refractivity contribution in [2.75, 3.05) is 5.32 Å². The van der Waals surface area contributed by atoms with Crippen molar-refractivity contribution >= 4 is 5.82 Å². The monoisotopic (exact) mass is 449 g/mol. The highest BCUT2D eigenvalue weighted by atomic mass is 16.4. The Labute approximate surface area is 198 Å². The molecule has 3 heterocycles. The fourth-order valence-corrected chi connectivity index (χ4v) is 3.51. The summed E-state index contributed by atoms with van der Waals surface area (Å²) < 4.78 is 7.98. The van der Waals surface area contributed by atoms with Crippen molar-refractivity contribution in [1.82, 2.24) is 20.0 Å². The first kappa shape index (κ1) is 26.1. The summed E-state index contributed by atoms with van der Waals surface area (Å²) in [5.41, 5.74) is 2.02. The largest absolute Gasteiger partial charge is 0.420 e. The fraction of sp³-hybridized carbons (Fsp3) is 0.444. The van der Waals surface area contributed by atoms with E-state index < -0.39 is 0 Å². The van der Waals surface area contributed by atoms with Crippen LogP contribution in [0.3, 0.4) is 0 Å². The van der Waals surface area contributed by atoms with Crippen molar-refractivity contribution in [1.29, 1.82) is 0 Å². The van der Waals surface area contributed by atoms with Gasteiger partial charge in [0.15, 0.2) is 0 Å². The van der Waals surface area contributed by atoms with Gasteiger partial charge < -0.3 is 9.73 Å². The number of hydrogen-bond donors (Lipinski definition) is 1. The summed E-state index contributed by atoms with van der Waals surface area (Å²) in [6.07, 6.45) is 9.49. The Morgan fingerprint density at radius 1 is 1.18 bits per heavy atom. The molecule has 6 heteroatoms. The SMILES string of the molecule is C/C=C\C.C=CC.CCC(C)c1nnc(-c2cnn3c2NC(c2ccccc2)CC3(C)C)o1. The number of nitrogens with one attached hydrogen (secondary N) is 1. The van der Waals surface area contributed by atoms with Crippen LogP contribution in [0.5, 0.6) is 0 Å². The molecule has 0 spiro atoms. The van der Waals surface area contributed by atoms with Gasteiger partial charge in [-0.05, 0) is 53.0 Å². The Balaban J connectivity index is 0.000000489. The number of allylic oxidation sites excluding steroid dienone is 3. The van der Waals surface area contributed by atoms with Crippen LogP contribution in [0.25, 0.3) is 11.5 Å². The van der Waals surface area contributed by atoms with Crippen LogP contribution in [0.4, 0.5) is 5.82 Å². The van der Waals surface area contributed by atoms with E-state index in [1.807, 2.05) is 49.9 Å². The maximum absolute atomic E-state index is 5.94. The molecule has 1 N–H and O–H groups in total. The van der Waals surface area contributed by atoms with Crippen LogP contribution in [0.1, 0.15) is 84.7 Å². The second-order valence-electron chi connectivity index (χ2n) is 8.77. The van der Waals surface area contributed by atoms with E-state index in [9.17, 15) is 0 Å². The van der Waals surface area contributed by atoms with Crippen molar-refractivity contribution < 1.29 is 4.42 Å². The molecule has 0 saturated heterocycles. The minimum absolute atomic E-state index is 0.112. The lowest BCUT2D eigenvalue weighted by Gasteiger charge is -2.38. The summed E-state index contributed by atoms with van der Waals surface area (Å²) in [5.74, 6) is 2.40. The second kappa shape index (κ2) is 12.2. The molecule has 6 nitrogen and oxygen atoms in total. The predicted molar refractivity (Wildman–Crippen MR) is 137 cm³/mol. The summed E-state index contributed by atoms with van der Waals surface area (Å²) >= 11 is 0. The minimum atomic E-state index is -0.112. The average Bonchev–Trinajstić information content (AvgIpc) is 3.47. The highest BCUT2D eigenvalue weighted by Crippen LogP contribution is 2.42. The maximum atomic E-state index is 5.94. The molecule has 0 saturated carbocycles. The molecule has 0 aliphatic carbocycles. The van der Waals surface area contributed by atoms with Gasteiger partial charge in [-0.15, -0.1) is 16.8 Å². The zero-order valence-corrected chi connectivity index (χ0v) is 21.2. The van der Waals surface area contributed by atoms with Crippen LogP contribution in [0.15, 0.2) is 65.8 Å². The summed E-state index contributed by atoms with van der Waals surface area (Å²) in [6, 6.07) is 10.7. The van der Waals surface area contributed by atoms with E-state index in [1.165, 1.54) is 5.56 Å². The number of hydrogen-bond acceptors (Lipinski definition) is 5. The molecule has 0 fully saturated rings. The molecule has 0 radical (unpaired) electrons. The molecule has 0 amide bonds. The molecular formula is C27H39N5O. The van der Waals surface area contributed by atoms with Gasteiger partial charge in [-0.25, -0.2) is 4.68 Å². The van der Waals surface area contributed by atoms with Gasteiger partial charge in [0.25, 0.3) is 5.89 Å². The standard InChI is InChI=1S/C20H25N5O.C4H8.C3H6/c1-5-13(2)18-23-24-19(26-18)15-12-21-25-17(15)22-16(11-20(25,3)4)14-9-7-6-8-10-14;1-3-4-2;1-3-2/h6-10,12-13,16,22H,5,11H2,1-4H3;3-4H,1-2H3;3H,1H2,2H3/b;4-3-;. The third-order valence-corrected chi connectivity index (χ3v) is 5.60. The Kier molecular flexibility index (Phi) is 9.64. The molecule has 2 unspecified atom stereocenters. The van der Waals surface area contributed by atoms with Crippen molar-refractivity contribution in [3.05, 3.63) is 72.8 Å². The van der Waals surface area contributed by atoms with Crippen LogP contribution < -0.4 is 5.32 Å². The fourth-order valence-electron chi connectivity index (χ4n) is 3.51. The Bertz CT molecular complexity index is 1010. The van der Waals surface area contributed by atoms with Crippen molar-refractivity contribution in [3.63, 3.8) is 0 Å². The summed E-state index contributed by atoms with van der Waals surface area (Å²) in [7, 11) is 0. The van der Waals surface area contributed by atoms with Crippen molar-refractivity contribution in [2.24, 2.45) is 0 Å². The van der Waals surface area contributed by atoms with Crippen molar-refractivity contribution in [3.8, 4) is 11.5 Å². The first-order valence-electron chi connectivity index (χ1n) is 11.7.